The topological polar surface area (TPSA) is 328 Å². The Labute approximate surface area is 313 Å². The number of amides is 8. The van der Waals surface area contributed by atoms with Gasteiger partial charge in [0.15, 0.2) is 0 Å². The van der Waals surface area contributed by atoms with Crippen molar-refractivity contribution in [3.63, 3.8) is 0 Å². The van der Waals surface area contributed by atoms with Crippen LogP contribution in [0.15, 0.2) is 0 Å². The van der Waals surface area contributed by atoms with E-state index in [2.05, 4.69) is 37.2 Å². The minimum Gasteiger partial charge on any atom is -0.480 e. The number of hydrogen-bond acceptors (Lipinski definition) is 12. The smallest absolute Gasteiger partial charge is 0.326 e. The molecule has 0 aromatic rings. The summed E-state index contributed by atoms with van der Waals surface area (Å²) < 4.78 is 0. The first-order chi connectivity index (χ1) is 25.0. The number of carboxylic acids is 1. The van der Waals surface area contributed by atoms with E-state index in [-0.39, 0.29) is 18.9 Å². The molecule has 12 N–H and O–H groups in total. The molecule has 1 saturated heterocycles. The van der Waals surface area contributed by atoms with Crippen LogP contribution in [0.5, 0.6) is 0 Å². The van der Waals surface area contributed by atoms with E-state index >= 15 is 0 Å². The molecule has 1 heterocycles. The van der Waals surface area contributed by atoms with Crippen LogP contribution in [0.2, 0.25) is 0 Å². The molecule has 21 nitrogen and oxygen atoms in total. The van der Waals surface area contributed by atoms with E-state index in [0.717, 1.165) is 4.90 Å². The monoisotopic (exact) mass is 771 g/mol. The van der Waals surface area contributed by atoms with Crippen LogP contribution in [0.3, 0.4) is 0 Å². The van der Waals surface area contributed by atoms with Gasteiger partial charge in [0.1, 0.15) is 42.3 Å². The number of aliphatic hydroxyl groups is 2. The van der Waals surface area contributed by atoms with Crippen LogP contribution in [-0.2, 0) is 43.2 Å². The second kappa shape index (κ2) is 21.7. The molecule has 8 amide bonds. The maximum Gasteiger partial charge on any atom is 0.326 e. The van der Waals surface area contributed by atoms with Crippen molar-refractivity contribution >= 4 is 53.2 Å². The lowest BCUT2D eigenvalue weighted by Gasteiger charge is -2.31. The summed E-state index contributed by atoms with van der Waals surface area (Å²) in [6.07, 6.45) is -1.78. The van der Waals surface area contributed by atoms with Crippen molar-refractivity contribution in [2.75, 3.05) is 13.1 Å². The molecule has 0 aliphatic carbocycles. The number of carbonyl (C=O) groups is 9. The second-order valence-corrected chi connectivity index (χ2v) is 13.6. The highest BCUT2D eigenvalue weighted by atomic mass is 16.4. The molecule has 21 heteroatoms. The van der Waals surface area contributed by atoms with Crippen molar-refractivity contribution in [3.8, 4) is 0 Å². The Hall–Kier alpha value is -4.89. The zero-order chi connectivity index (χ0) is 41.6. The SMILES string of the molecule is CC[C@H](C)[C@H](NC(=O)[C@@H]1CCCN1C(=O)[C@@H](NC(=O)[C@H](C)NC(=O)CNC(=O)[C@@H](NC(=O)[C@H](C)NC(=O)[C@H](C)NC(=O)[C@H](C)N)[C@@H](C)O)[C@@H](C)O)C(=O)O. The van der Waals surface area contributed by atoms with Gasteiger partial charge in [-0.25, -0.2) is 4.79 Å². The molecule has 0 saturated carbocycles. The van der Waals surface area contributed by atoms with Crippen LogP contribution in [0.1, 0.15) is 74.7 Å². The highest BCUT2D eigenvalue weighted by Gasteiger charge is 2.41. The summed E-state index contributed by atoms with van der Waals surface area (Å²) in [4.78, 5) is 115. The summed E-state index contributed by atoms with van der Waals surface area (Å²) in [7, 11) is 0. The molecule has 54 heavy (non-hydrogen) atoms. The third-order valence-corrected chi connectivity index (χ3v) is 8.84. The largest absolute Gasteiger partial charge is 0.480 e. The van der Waals surface area contributed by atoms with E-state index in [9.17, 15) is 58.5 Å². The Morgan fingerprint density at radius 1 is 0.667 bits per heavy atom. The summed E-state index contributed by atoms with van der Waals surface area (Å²) in [5.74, 6) is -8.03. The van der Waals surface area contributed by atoms with Gasteiger partial charge in [0, 0.05) is 6.54 Å². The zero-order valence-electron chi connectivity index (χ0n) is 31.9. The quantitative estimate of drug-likeness (QED) is 0.0555. The molecular weight excluding hydrogens is 714 g/mol. The number of aliphatic hydroxyl groups excluding tert-OH is 2. The molecule has 306 valence electrons. The maximum atomic E-state index is 13.5. The predicted octanol–water partition coefficient (Wildman–Crippen LogP) is -4.70. The lowest BCUT2D eigenvalue weighted by Crippen LogP contribution is -2.60. The molecule has 0 bridgehead atoms. The van der Waals surface area contributed by atoms with Gasteiger partial charge in [-0.1, -0.05) is 20.3 Å². The van der Waals surface area contributed by atoms with Crippen molar-refractivity contribution in [1.29, 1.82) is 0 Å². The fourth-order valence-corrected chi connectivity index (χ4v) is 5.21. The van der Waals surface area contributed by atoms with Gasteiger partial charge in [-0.2, -0.15) is 0 Å². The molecule has 1 rings (SSSR count). The van der Waals surface area contributed by atoms with Crippen LogP contribution in [-0.4, -0.2) is 147 Å². The van der Waals surface area contributed by atoms with Gasteiger partial charge in [-0.3, -0.25) is 38.4 Å². The molecule has 1 aliphatic rings. The average molecular weight is 772 g/mol. The van der Waals surface area contributed by atoms with E-state index in [1.807, 2.05) is 0 Å². The van der Waals surface area contributed by atoms with Gasteiger partial charge in [0.05, 0.1) is 24.8 Å². The molecule has 1 fully saturated rings. The number of nitrogens with zero attached hydrogens (tertiary/aromatic N) is 1. The van der Waals surface area contributed by atoms with Gasteiger partial charge in [-0.05, 0) is 60.3 Å². The van der Waals surface area contributed by atoms with Crippen molar-refractivity contribution in [2.45, 2.75) is 135 Å². The molecular formula is C33H57N9O12. The van der Waals surface area contributed by atoms with E-state index < -0.39 is 120 Å². The highest BCUT2D eigenvalue weighted by molar-refractivity contribution is 5.97. The summed E-state index contributed by atoms with van der Waals surface area (Å²) >= 11 is 0. The van der Waals surface area contributed by atoms with Gasteiger partial charge < -0.3 is 63.2 Å². The number of nitrogens with two attached hydrogens (primary N) is 1. The first-order valence-electron chi connectivity index (χ1n) is 17.8. The predicted molar refractivity (Wildman–Crippen MR) is 190 cm³/mol. The number of carbonyl (C=O) groups excluding carboxylic acids is 8. The van der Waals surface area contributed by atoms with Crippen molar-refractivity contribution in [1.82, 2.24) is 42.1 Å². The Morgan fingerprint density at radius 3 is 1.63 bits per heavy atom. The van der Waals surface area contributed by atoms with Crippen LogP contribution < -0.4 is 43.0 Å². The average Bonchev–Trinajstić information content (AvgIpc) is 3.59. The lowest BCUT2D eigenvalue weighted by atomic mass is 9.98. The third-order valence-electron chi connectivity index (χ3n) is 8.84. The van der Waals surface area contributed by atoms with Crippen molar-refractivity contribution < 1.29 is 58.5 Å². The number of rotatable bonds is 20. The minimum absolute atomic E-state index is 0.109. The third kappa shape index (κ3) is 14.2. The minimum atomic E-state index is -1.57. The Kier molecular flexibility index (Phi) is 19.0. The number of carboxylic acid groups (broad SMARTS) is 1. The Morgan fingerprint density at radius 2 is 1.15 bits per heavy atom. The molecule has 0 unspecified atom stereocenters. The van der Waals surface area contributed by atoms with Crippen LogP contribution >= 0.6 is 0 Å². The number of hydrogen-bond donors (Lipinski definition) is 11. The first kappa shape index (κ1) is 47.1. The zero-order valence-corrected chi connectivity index (χ0v) is 31.9. The van der Waals surface area contributed by atoms with Crippen LogP contribution in [0, 0.1) is 5.92 Å². The van der Waals surface area contributed by atoms with Gasteiger partial charge in [-0.15, -0.1) is 0 Å². The molecule has 11 atom stereocenters. The molecule has 1 aliphatic heterocycles. The van der Waals surface area contributed by atoms with Gasteiger partial charge >= 0.3 is 5.97 Å². The summed E-state index contributed by atoms with van der Waals surface area (Å²) in [6.45, 7) is 10.6. The lowest BCUT2D eigenvalue weighted by molar-refractivity contribution is -0.147. The number of aliphatic carboxylic acids is 1. The first-order valence-corrected chi connectivity index (χ1v) is 17.8. The number of nitrogens with one attached hydrogen (secondary N) is 7. The molecule has 0 spiro atoms. The molecule has 0 aromatic carbocycles. The summed E-state index contributed by atoms with van der Waals surface area (Å²) in [5, 5.41) is 46.5. The molecule has 0 radical (unpaired) electrons. The fraction of sp³-hybridized carbons (Fsp3) is 0.727. The van der Waals surface area contributed by atoms with E-state index in [0.29, 0.717) is 12.8 Å². The molecule has 0 aromatic heterocycles. The summed E-state index contributed by atoms with van der Waals surface area (Å²) in [6, 6.07) is -9.75. The second-order valence-electron chi connectivity index (χ2n) is 13.6. The van der Waals surface area contributed by atoms with E-state index in [4.69, 9.17) is 5.73 Å². The van der Waals surface area contributed by atoms with E-state index in [1.165, 1.54) is 41.5 Å². The van der Waals surface area contributed by atoms with Gasteiger partial charge in [0.2, 0.25) is 47.3 Å². The van der Waals surface area contributed by atoms with Gasteiger partial charge in [0.25, 0.3) is 0 Å². The normalized spacial score (nSPS) is 19.5. The Bertz CT molecular complexity index is 1390. The van der Waals surface area contributed by atoms with Crippen LogP contribution in [0.4, 0.5) is 0 Å². The van der Waals surface area contributed by atoms with Crippen LogP contribution in [0.25, 0.3) is 0 Å². The van der Waals surface area contributed by atoms with Crippen molar-refractivity contribution in [2.24, 2.45) is 11.7 Å². The fourth-order valence-electron chi connectivity index (χ4n) is 5.21. The Balaban J connectivity index is 2.80. The summed E-state index contributed by atoms with van der Waals surface area (Å²) in [5.41, 5.74) is 5.46. The highest BCUT2D eigenvalue weighted by Crippen LogP contribution is 2.20. The van der Waals surface area contributed by atoms with Crippen molar-refractivity contribution in [3.05, 3.63) is 0 Å². The maximum absolute atomic E-state index is 13.5. The number of likely N-dealkylation sites (tertiary alicyclic amines) is 1. The van der Waals surface area contributed by atoms with E-state index in [1.54, 1.807) is 13.8 Å². The standard InChI is InChI=1S/C33H57N9O12/c1-9-14(2)23(33(53)54)39-30(50)21-11-10-12-42(21)32(52)25(20(8)44)41-28(48)16(4)36-22(45)13-35-31(51)24(19(7)43)40-29(49)18(6)38-27(47)17(5)37-26(46)15(3)34/h14-21,23-25,43-44H,9-13,34H2,1-8H3,(H,35,51)(H,36,45)(H,37,46)(H,38,47)(H,39,50)(H,40,49)(H,41,48)(H,53,54)/t14-,15-,16-,17-,18-,19+,20+,21-,23-,24-,25-/m0/s1.